The van der Waals surface area contributed by atoms with Crippen molar-refractivity contribution in [1.29, 1.82) is 5.26 Å². The van der Waals surface area contributed by atoms with E-state index in [9.17, 15) is 4.79 Å². The molecule has 1 amide bonds. The van der Waals surface area contributed by atoms with Crippen LogP contribution in [0.3, 0.4) is 0 Å². The average Bonchev–Trinajstić information content (AvgIpc) is 2.27. The number of hydrogen-bond donors (Lipinski definition) is 1. The fourth-order valence-electron chi connectivity index (χ4n) is 1.63. The van der Waals surface area contributed by atoms with Gasteiger partial charge >= 0.3 is 0 Å². The van der Waals surface area contributed by atoms with E-state index in [-0.39, 0.29) is 12.5 Å². The Morgan fingerprint density at radius 2 is 2.24 bits per heavy atom. The molecule has 17 heavy (non-hydrogen) atoms. The van der Waals surface area contributed by atoms with Crippen molar-refractivity contribution in [3.8, 4) is 6.07 Å². The van der Waals surface area contributed by atoms with E-state index < -0.39 is 0 Å². The molecule has 1 rings (SSSR count). The molecule has 0 saturated carbocycles. The molecule has 1 aromatic heterocycles. The van der Waals surface area contributed by atoms with Gasteiger partial charge < -0.3 is 10.2 Å². The van der Waals surface area contributed by atoms with Crippen LogP contribution in [0.2, 0.25) is 0 Å². The first-order valence-electron chi connectivity index (χ1n) is 5.29. The number of rotatable bonds is 3. The molecule has 0 saturated heterocycles. The van der Waals surface area contributed by atoms with Gasteiger partial charge in [0.2, 0.25) is 5.91 Å². The van der Waals surface area contributed by atoms with E-state index in [4.69, 9.17) is 5.26 Å². The molecule has 0 aliphatic heterocycles. The molecule has 0 aliphatic carbocycles. The van der Waals surface area contributed by atoms with Gasteiger partial charge in [-0.25, -0.2) is 0 Å². The number of carbonyl (C=O) groups is 1. The van der Waals surface area contributed by atoms with E-state index in [1.807, 2.05) is 13.0 Å². The molecule has 0 radical (unpaired) electrons. The van der Waals surface area contributed by atoms with E-state index in [0.717, 1.165) is 11.4 Å². The second-order valence-electron chi connectivity index (χ2n) is 3.88. The molecule has 0 spiro atoms. The van der Waals surface area contributed by atoms with Crippen molar-refractivity contribution in [2.45, 2.75) is 13.8 Å². The summed E-state index contributed by atoms with van der Waals surface area (Å²) in [7, 11) is 3.37. The number of aromatic nitrogens is 1. The minimum Gasteiger partial charge on any atom is -0.364 e. The molecule has 5 heteroatoms. The predicted octanol–water partition coefficient (Wildman–Crippen LogP) is 0.752. The van der Waals surface area contributed by atoms with Crippen molar-refractivity contribution in [3.05, 3.63) is 23.0 Å². The fraction of sp³-hybridized carbons (Fsp3) is 0.417. The third-order valence-corrected chi connectivity index (χ3v) is 2.49. The van der Waals surface area contributed by atoms with Crippen LogP contribution < -0.4 is 10.2 Å². The number of nitrogens with one attached hydrogen (secondary N) is 1. The lowest BCUT2D eigenvalue weighted by molar-refractivity contribution is -0.119. The third kappa shape index (κ3) is 2.94. The summed E-state index contributed by atoms with van der Waals surface area (Å²) in [5.41, 5.74) is 2.77. The Kier molecular flexibility index (Phi) is 4.05. The highest BCUT2D eigenvalue weighted by Crippen LogP contribution is 2.21. The number of anilines is 1. The molecule has 1 N–H and O–H groups in total. The van der Waals surface area contributed by atoms with E-state index in [0.29, 0.717) is 11.3 Å². The number of amides is 1. The molecule has 0 fully saturated rings. The first-order valence-corrected chi connectivity index (χ1v) is 5.29. The van der Waals surface area contributed by atoms with E-state index in [1.165, 1.54) is 0 Å². The number of nitriles is 1. The van der Waals surface area contributed by atoms with Gasteiger partial charge in [0.1, 0.15) is 6.07 Å². The highest BCUT2D eigenvalue weighted by atomic mass is 16.1. The Hall–Kier alpha value is -2.09. The lowest BCUT2D eigenvalue weighted by atomic mass is 10.1. The van der Waals surface area contributed by atoms with Crippen molar-refractivity contribution in [2.24, 2.45) is 0 Å². The summed E-state index contributed by atoms with van der Waals surface area (Å²) < 4.78 is 0. The molecule has 90 valence electrons. The monoisotopic (exact) mass is 232 g/mol. The average molecular weight is 232 g/mol. The van der Waals surface area contributed by atoms with E-state index in [2.05, 4.69) is 16.4 Å². The smallest absolute Gasteiger partial charge is 0.239 e. The quantitative estimate of drug-likeness (QED) is 0.835. The minimum absolute atomic E-state index is 0.0940. The van der Waals surface area contributed by atoms with Gasteiger partial charge in [-0.3, -0.25) is 9.78 Å². The molecule has 1 heterocycles. The predicted molar refractivity (Wildman–Crippen MR) is 65.8 cm³/mol. The van der Waals surface area contributed by atoms with Crippen LogP contribution in [0.4, 0.5) is 5.69 Å². The van der Waals surface area contributed by atoms with Crippen LogP contribution in [0.1, 0.15) is 17.0 Å². The van der Waals surface area contributed by atoms with Crippen LogP contribution in [-0.2, 0) is 4.79 Å². The summed E-state index contributed by atoms with van der Waals surface area (Å²) in [4.78, 5) is 17.3. The second-order valence-corrected chi connectivity index (χ2v) is 3.88. The van der Waals surface area contributed by atoms with Gasteiger partial charge in [-0.05, 0) is 19.9 Å². The van der Waals surface area contributed by atoms with E-state index in [1.54, 1.807) is 25.9 Å². The van der Waals surface area contributed by atoms with Crippen LogP contribution in [0.15, 0.2) is 6.07 Å². The van der Waals surface area contributed by atoms with Gasteiger partial charge in [0, 0.05) is 19.8 Å². The SMILES string of the molecule is CNC(=O)CN(C)c1cc(C)nc(C)c1C#N. The molecular weight excluding hydrogens is 216 g/mol. The topological polar surface area (TPSA) is 69.0 Å². The van der Waals surface area contributed by atoms with Crippen LogP contribution in [-0.4, -0.2) is 31.5 Å². The van der Waals surface area contributed by atoms with Gasteiger partial charge in [-0.1, -0.05) is 0 Å². The molecule has 0 aliphatic rings. The second kappa shape index (κ2) is 5.30. The Labute approximate surface area is 101 Å². The van der Waals surface area contributed by atoms with E-state index >= 15 is 0 Å². The van der Waals surface area contributed by atoms with Gasteiger partial charge in [0.05, 0.1) is 23.5 Å². The lowest BCUT2D eigenvalue weighted by Gasteiger charge is -2.20. The summed E-state index contributed by atoms with van der Waals surface area (Å²) in [6, 6.07) is 3.94. The minimum atomic E-state index is -0.0940. The number of likely N-dealkylation sites (N-methyl/N-ethyl adjacent to an activating group) is 2. The summed E-state index contributed by atoms with van der Waals surface area (Å²) in [6.07, 6.45) is 0. The Bertz CT molecular complexity index is 476. The number of carbonyl (C=O) groups excluding carboxylic acids is 1. The van der Waals surface area contributed by atoms with Crippen molar-refractivity contribution in [3.63, 3.8) is 0 Å². The maximum atomic E-state index is 11.3. The maximum Gasteiger partial charge on any atom is 0.239 e. The highest BCUT2D eigenvalue weighted by molar-refractivity contribution is 5.81. The normalized spacial score (nSPS) is 9.59. The van der Waals surface area contributed by atoms with Gasteiger partial charge in [0.15, 0.2) is 0 Å². The van der Waals surface area contributed by atoms with Gasteiger partial charge in [-0.2, -0.15) is 5.26 Å². The molecule has 5 nitrogen and oxygen atoms in total. The van der Waals surface area contributed by atoms with Crippen molar-refractivity contribution < 1.29 is 4.79 Å². The summed E-state index contributed by atoms with van der Waals surface area (Å²) in [5, 5.41) is 11.7. The van der Waals surface area contributed by atoms with Crippen LogP contribution in [0.5, 0.6) is 0 Å². The number of aryl methyl sites for hydroxylation is 2. The van der Waals surface area contributed by atoms with Crippen molar-refractivity contribution >= 4 is 11.6 Å². The summed E-state index contributed by atoms with van der Waals surface area (Å²) in [6.45, 7) is 3.88. The zero-order valence-corrected chi connectivity index (χ0v) is 10.5. The summed E-state index contributed by atoms with van der Waals surface area (Å²) in [5.74, 6) is -0.0940. The van der Waals surface area contributed by atoms with Crippen molar-refractivity contribution in [1.82, 2.24) is 10.3 Å². The highest BCUT2D eigenvalue weighted by Gasteiger charge is 2.13. The first kappa shape index (κ1) is 13.0. The maximum absolute atomic E-state index is 11.3. The molecule has 1 aromatic rings. The Morgan fingerprint density at radius 1 is 1.59 bits per heavy atom. The third-order valence-electron chi connectivity index (χ3n) is 2.49. The molecule has 0 bridgehead atoms. The van der Waals surface area contributed by atoms with Gasteiger partial charge in [-0.15, -0.1) is 0 Å². The first-order chi connectivity index (χ1) is 7.99. The lowest BCUT2D eigenvalue weighted by Crippen LogP contribution is -2.33. The fourth-order valence-corrected chi connectivity index (χ4v) is 1.63. The van der Waals surface area contributed by atoms with Crippen LogP contribution in [0, 0.1) is 25.2 Å². The van der Waals surface area contributed by atoms with Gasteiger partial charge in [0.25, 0.3) is 0 Å². The standard InChI is InChI=1S/C12H16N4O/c1-8-5-11(10(6-13)9(2)15-8)16(4)7-12(17)14-3/h5H,7H2,1-4H3,(H,14,17). The zero-order valence-electron chi connectivity index (χ0n) is 10.5. The Balaban J connectivity index is 3.12. The summed E-state index contributed by atoms with van der Waals surface area (Å²) >= 11 is 0. The largest absolute Gasteiger partial charge is 0.364 e. The number of pyridine rings is 1. The molecule has 0 unspecified atom stereocenters. The number of hydrogen-bond acceptors (Lipinski definition) is 4. The van der Waals surface area contributed by atoms with Crippen LogP contribution >= 0.6 is 0 Å². The molecule has 0 atom stereocenters. The zero-order chi connectivity index (χ0) is 13.0. The van der Waals surface area contributed by atoms with Crippen LogP contribution in [0.25, 0.3) is 0 Å². The molecule has 0 aromatic carbocycles. The molecular formula is C12H16N4O. The number of nitrogens with zero attached hydrogens (tertiary/aromatic N) is 3. The Morgan fingerprint density at radius 3 is 2.76 bits per heavy atom. The van der Waals surface area contributed by atoms with Crippen molar-refractivity contribution in [2.75, 3.05) is 25.5 Å².